The maximum absolute atomic E-state index is 11.1. The molecule has 3 rings (SSSR count). The van der Waals surface area contributed by atoms with Crippen molar-refractivity contribution in [1.29, 1.82) is 0 Å². The van der Waals surface area contributed by atoms with E-state index in [1.807, 2.05) is 37.4 Å². The predicted octanol–water partition coefficient (Wildman–Crippen LogP) is 3.73. The molecule has 0 heterocycles. The highest BCUT2D eigenvalue weighted by Crippen LogP contribution is 2.45. The zero-order valence-electron chi connectivity index (χ0n) is 12.9. The van der Waals surface area contributed by atoms with Crippen molar-refractivity contribution in [2.24, 2.45) is 0 Å². The summed E-state index contributed by atoms with van der Waals surface area (Å²) < 4.78 is 5.82. The Morgan fingerprint density at radius 3 is 2.32 bits per heavy atom. The second-order valence-electron chi connectivity index (χ2n) is 5.90. The predicted molar refractivity (Wildman–Crippen MR) is 86.6 cm³/mol. The van der Waals surface area contributed by atoms with Crippen molar-refractivity contribution >= 4 is 6.41 Å². The van der Waals surface area contributed by atoms with Crippen LogP contribution in [0.3, 0.4) is 0 Å². The first-order valence-corrected chi connectivity index (χ1v) is 7.70. The van der Waals surface area contributed by atoms with Gasteiger partial charge < -0.3 is 9.64 Å². The Bertz CT molecular complexity index is 618. The van der Waals surface area contributed by atoms with Crippen LogP contribution in [-0.4, -0.2) is 18.4 Å². The molecule has 0 spiro atoms. The molecule has 22 heavy (non-hydrogen) atoms. The number of nitrogens with zero attached hydrogens (tertiary/aromatic N) is 1. The van der Waals surface area contributed by atoms with E-state index in [1.54, 1.807) is 4.90 Å². The Kier molecular flexibility index (Phi) is 4.14. The van der Waals surface area contributed by atoms with Gasteiger partial charge >= 0.3 is 0 Å². The maximum atomic E-state index is 11.1. The molecule has 2 aromatic carbocycles. The molecule has 0 bridgehead atoms. The van der Waals surface area contributed by atoms with Crippen LogP contribution in [0.1, 0.15) is 30.4 Å². The summed E-state index contributed by atoms with van der Waals surface area (Å²) in [5.41, 5.74) is 2.24. The molecule has 0 atom stereocenters. The Balaban J connectivity index is 1.69. The summed E-state index contributed by atoms with van der Waals surface area (Å²) in [4.78, 5) is 12.9. The number of carbonyl (C=O) groups excluding carboxylic acids is 1. The molecular formula is C19H21NO2. The van der Waals surface area contributed by atoms with Crippen molar-refractivity contribution in [1.82, 2.24) is 4.90 Å². The number of hydrogen-bond acceptors (Lipinski definition) is 2. The lowest BCUT2D eigenvalue weighted by molar-refractivity contribution is -0.126. The van der Waals surface area contributed by atoms with Crippen molar-refractivity contribution in [3.05, 3.63) is 65.7 Å². The second-order valence-corrected chi connectivity index (χ2v) is 5.90. The van der Waals surface area contributed by atoms with Crippen LogP contribution in [0.25, 0.3) is 0 Å². The van der Waals surface area contributed by atoms with Gasteiger partial charge in [-0.3, -0.25) is 4.79 Å². The minimum Gasteiger partial charge on any atom is -0.489 e. The van der Waals surface area contributed by atoms with Crippen LogP contribution in [0, 0.1) is 0 Å². The Hall–Kier alpha value is -2.29. The van der Waals surface area contributed by atoms with E-state index in [9.17, 15) is 4.79 Å². The molecule has 0 aromatic heterocycles. The summed E-state index contributed by atoms with van der Waals surface area (Å²) in [6, 6.07) is 18.3. The van der Waals surface area contributed by atoms with Crippen molar-refractivity contribution in [3.8, 4) is 5.75 Å². The lowest BCUT2D eigenvalue weighted by Crippen LogP contribution is -2.48. The topological polar surface area (TPSA) is 29.5 Å². The van der Waals surface area contributed by atoms with Crippen molar-refractivity contribution in [3.63, 3.8) is 0 Å². The van der Waals surface area contributed by atoms with Gasteiger partial charge in [0.1, 0.15) is 12.4 Å². The van der Waals surface area contributed by atoms with Gasteiger partial charge in [0.15, 0.2) is 0 Å². The first kappa shape index (κ1) is 14.6. The number of benzene rings is 2. The molecule has 1 aliphatic rings. The van der Waals surface area contributed by atoms with E-state index >= 15 is 0 Å². The highest BCUT2D eigenvalue weighted by molar-refractivity contribution is 5.51. The summed E-state index contributed by atoms with van der Waals surface area (Å²) in [7, 11) is 1.87. The zero-order valence-corrected chi connectivity index (χ0v) is 12.9. The van der Waals surface area contributed by atoms with Crippen LogP contribution >= 0.6 is 0 Å². The van der Waals surface area contributed by atoms with Crippen LogP contribution in [0.2, 0.25) is 0 Å². The van der Waals surface area contributed by atoms with Crippen LogP contribution in [0.4, 0.5) is 0 Å². The number of amides is 1. The second kappa shape index (κ2) is 6.22. The number of hydrogen-bond donors (Lipinski definition) is 0. The molecular weight excluding hydrogens is 274 g/mol. The maximum Gasteiger partial charge on any atom is 0.210 e. The monoisotopic (exact) mass is 295 g/mol. The molecule has 1 amide bonds. The molecule has 2 aromatic rings. The minimum absolute atomic E-state index is 0.111. The van der Waals surface area contributed by atoms with E-state index < -0.39 is 0 Å². The van der Waals surface area contributed by atoms with Crippen LogP contribution < -0.4 is 4.74 Å². The highest BCUT2D eigenvalue weighted by atomic mass is 16.5. The molecule has 114 valence electrons. The van der Waals surface area contributed by atoms with Gasteiger partial charge in [0.2, 0.25) is 6.41 Å². The molecule has 0 unspecified atom stereocenters. The summed E-state index contributed by atoms with van der Waals surface area (Å²) in [6.45, 7) is 0.569. The third-order valence-electron chi connectivity index (χ3n) is 4.65. The molecule has 0 saturated heterocycles. The lowest BCUT2D eigenvalue weighted by Gasteiger charge is -2.47. The van der Waals surface area contributed by atoms with Gasteiger partial charge in [-0.1, -0.05) is 42.5 Å². The first-order chi connectivity index (χ1) is 10.7. The van der Waals surface area contributed by atoms with Crippen molar-refractivity contribution < 1.29 is 9.53 Å². The molecule has 0 radical (unpaired) electrons. The average molecular weight is 295 g/mol. The molecule has 3 nitrogen and oxygen atoms in total. The Morgan fingerprint density at radius 2 is 1.77 bits per heavy atom. The standard InChI is InChI=1S/C19H21NO2/c1-20(15-21)19(12-5-13-19)17-8-10-18(11-9-17)22-14-16-6-3-2-4-7-16/h2-4,6-11,15H,5,12-14H2,1H3. The average Bonchev–Trinajstić information content (AvgIpc) is 2.54. The molecule has 1 fully saturated rings. The van der Waals surface area contributed by atoms with Crippen molar-refractivity contribution in [2.75, 3.05) is 7.05 Å². The van der Waals surface area contributed by atoms with Gasteiger partial charge in [-0.2, -0.15) is 0 Å². The minimum atomic E-state index is -0.111. The zero-order chi connectivity index (χ0) is 15.4. The third-order valence-corrected chi connectivity index (χ3v) is 4.65. The fraction of sp³-hybridized carbons (Fsp3) is 0.316. The highest BCUT2D eigenvalue weighted by Gasteiger charge is 2.41. The fourth-order valence-electron chi connectivity index (χ4n) is 3.06. The SMILES string of the molecule is CN(C=O)C1(c2ccc(OCc3ccccc3)cc2)CCC1. The van der Waals surface area contributed by atoms with E-state index in [0.29, 0.717) is 6.61 Å². The fourth-order valence-corrected chi connectivity index (χ4v) is 3.06. The van der Waals surface area contributed by atoms with Gasteiger partial charge in [-0.05, 0) is 42.5 Å². The lowest BCUT2D eigenvalue weighted by atomic mass is 9.71. The summed E-state index contributed by atoms with van der Waals surface area (Å²) in [5.74, 6) is 0.857. The Labute approximate surface area is 131 Å². The van der Waals surface area contributed by atoms with Crippen LogP contribution in [-0.2, 0) is 16.9 Å². The number of carbonyl (C=O) groups is 1. The van der Waals surface area contributed by atoms with Gasteiger partial charge in [-0.15, -0.1) is 0 Å². The van der Waals surface area contributed by atoms with E-state index in [-0.39, 0.29) is 5.54 Å². The number of ether oxygens (including phenoxy) is 1. The molecule has 3 heteroatoms. The van der Waals surface area contributed by atoms with E-state index in [4.69, 9.17) is 4.74 Å². The summed E-state index contributed by atoms with van der Waals surface area (Å²) >= 11 is 0. The van der Waals surface area contributed by atoms with Gasteiger partial charge in [0.05, 0.1) is 5.54 Å². The van der Waals surface area contributed by atoms with Crippen LogP contribution in [0.5, 0.6) is 5.75 Å². The van der Waals surface area contributed by atoms with Gasteiger partial charge in [0.25, 0.3) is 0 Å². The van der Waals surface area contributed by atoms with Gasteiger partial charge in [0, 0.05) is 7.05 Å². The van der Waals surface area contributed by atoms with Crippen molar-refractivity contribution in [2.45, 2.75) is 31.4 Å². The van der Waals surface area contributed by atoms with Gasteiger partial charge in [-0.25, -0.2) is 0 Å². The quantitative estimate of drug-likeness (QED) is 0.760. The molecule has 0 aliphatic heterocycles. The number of rotatable bonds is 6. The van der Waals surface area contributed by atoms with Crippen LogP contribution in [0.15, 0.2) is 54.6 Å². The Morgan fingerprint density at radius 1 is 1.09 bits per heavy atom. The van der Waals surface area contributed by atoms with E-state index in [1.165, 1.54) is 12.0 Å². The summed E-state index contributed by atoms with van der Waals surface area (Å²) in [5, 5.41) is 0. The normalized spacial score (nSPS) is 15.7. The molecule has 1 saturated carbocycles. The largest absolute Gasteiger partial charge is 0.489 e. The summed E-state index contributed by atoms with van der Waals surface area (Å²) in [6.07, 6.45) is 4.17. The van der Waals surface area contributed by atoms with E-state index in [0.717, 1.165) is 30.6 Å². The first-order valence-electron chi connectivity index (χ1n) is 7.70. The third kappa shape index (κ3) is 2.71. The smallest absolute Gasteiger partial charge is 0.210 e. The van der Waals surface area contributed by atoms with E-state index in [2.05, 4.69) is 24.3 Å². The molecule has 1 aliphatic carbocycles. The molecule has 0 N–H and O–H groups in total.